The Labute approximate surface area is 84.3 Å². The molecule has 14 heavy (non-hydrogen) atoms. The van der Waals surface area contributed by atoms with Crippen molar-refractivity contribution in [2.24, 2.45) is 5.92 Å². The Morgan fingerprint density at radius 2 is 2.07 bits per heavy atom. The third-order valence-corrected chi connectivity index (χ3v) is 2.76. The van der Waals surface area contributed by atoms with Gasteiger partial charge in [0.2, 0.25) is 0 Å². The van der Waals surface area contributed by atoms with E-state index in [1.807, 2.05) is 30.3 Å². The number of ketones is 1. The predicted molar refractivity (Wildman–Crippen MR) is 57.3 cm³/mol. The molecule has 0 aromatic heterocycles. The molecule has 2 heteroatoms. The Balaban J connectivity index is 1.85. The minimum Gasteiger partial charge on any atom is -0.384 e. The fourth-order valence-electron chi connectivity index (χ4n) is 1.90. The Bertz CT molecular complexity index is 307. The van der Waals surface area contributed by atoms with E-state index in [2.05, 4.69) is 5.32 Å². The van der Waals surface area contributed by atoms with Crippen LogP contribution in [0.3, 0.4) is 0 Å². The first-order valence-electron chi connectivity index (χ1n) is 5.18. The van der Waals surface area contributed by atoms with Crippen LogP contribution in [0.1, 0.15) is 19.3 Å². The second-order valence-corrected chi connectivity index (χ2v) is 3.80. The summed E-state index contributed by atoms with van der Waals surface area (Å²) < 4.78 is 0. The summed E-state index contributed by atoms with van der Waals surface area (Å²) >= 11 is 0. The third-order valence-electron chi connectivity index (χ3n) is 2.76. The molecule has 1 unspecified atom stereocenters. The minimum atomic E-state index is 0.246. The van der Waals surface area contributed by atoms with Crippen molar-refractivity contribution in [3.05, 3.63) is 30.3 Å². The first kappa shape index (κ1) is 9.25. The topological polar surface area (TPSA) is 29.1 Å². The van der Waals surface area contributed by atoms with E-state index in [1.54, 1.807) is 0 Å². The minimum absolute atomic E-state index is 0.246. The quantitative estimate of drug-likeness (QED) is 0.791. The average Bonchev–Trinajstić information content (AvgIpc) is 2.63. The number of para-hydroxylation sites is 1. The zero-order valence-electron chi connectivity index (χ0n) is 8.20. The Hall–Kier alpha value is -1.31. The van der Waals surface area contributed by atoms with Crippen LogP contribution < -0.4 is 5.32 Å². The van der Waals surface area contributed by atoms with Gasteiger partial charge in [-0.25, -0.2) is 0 Å². The summed E-state index contributed by atoms with van der Waals surface area (Å²) in [6, 6.07) is 10.0. The molecule has 0 aliphatic heterocycles. The van der Waals surface area contributed by atoms with Crippen LogP contribution in [-0.2, 0) is 4.79 Å². The van der Waals surface area contributed by atoms with Crippen molar-refractivity contribution in [1.29, 1.82) is 0 Å². The van der Waals surface area contributed by atoms with Crippen LogP contribution >= 0.6 is 0 Å². The van der Waals surface area contributed by atoms with E-state index in [0.717, 1.165) is 31.5 Å². The molecule has 1 atom stereocenters. The zero-order valence-corrected chi connectivity index (χ0v) is 8.20. The highest BCUT2D eigenvalue weighted by molar-refractivity contribution is 5.83. The normalized spacial score (nSPS) is 21.1. The summed E-state index contributed by atoms with van der Waals surface area (Å²) in [6.45, 7) is 0.794. The lowest BCUT2D eigenvalue weighted by molar-refractivity contribution is -0.120. The van der Waals surface area contributed by atoms with Gasteiger partial charge >= 0.3 is 0 Å². The van der Waals surface area contributed by atoms with Gasteiger partial charge in [0, 0.05) is 24.6 Å². The van der Waals surface area contributed by atoms with Crippen LogP contribution in [-0.4, -0.2) is 12.3 Å². The average molecular weight is 189 g/mol. The summed E-state index contributed by atoms with van der Waals surface area (Å²) in [5.74, 6) is 0.670. The van der Waals surface area contributed by atoms with Crippen molar-refractivity contribution in [2.45, 2.75) is 19.3 Å². The number of rotatable bonds is 3. The molecular formula is C12H15NO. The van der Waals surface area contributed by atoms with Gasteiger partial charge in [-0.3, -0.25) is 4.79 Å². The largest absolute Gasteiger partial charge is 0.384 e. The molecule has 1 saturated carbocycles. The molecule has 0 spiro atoms. The predicted octanol–water partition coefficient (Wildman–Crippen LogP) is 2.47. The molecule has 0 saturated heterocycles. The number of anilines is 1. The van der Waals surface area contributed by atoms with Crippen molar-refractivity contribution in [3.63, 3.8) is 0 Å². The van der Waals surface area contributed by atoms with Gasteiger partial charge in [0.15, 0.2) is 0 Å². The maximum absolute atomic E-state index is 11.4. The molecule has 0 radical (unpaired) electrons. The third kappa shape index (κ3) is 2.13. The Morgan fingerprint density at radius 1 is 1.29 bits per heavy atom. The van der Waals surface area contributed by atoms with Crippen LogP contribution in [0, 0.1) is 5.92 Å². The zero-order chi connectivity index (χ0) is 9.80. The summed E-state index contributed by atoms with van der Waals surface area (Å²) in [5.41, 5.74) is 1.10. The molecule has 74 valence electrons. The smallest absolute Gasteiger partial charge is 0.137 e. The number of carbonyl (C=O) groups excluding carboxylic acids is 1. The van der Waals surface area contributed by atoms with Crippen molar-refractivity contribution >= 4 is 11.5 Å². The molecule has 1 fully saturated rings. The van der Waals surface area contributed by atoms with Gasteiger partial charge in [-0.1, -0.05) is 18.2 Å². The lowest BCUT2D eigenvalue weighted by Gasteiger charge is -2.10. The van der Waals surface area contributed by atoms with Gasteiger partial charge in [-0.15, -0.1) is 0 Å². The highest BCUT2D eigenvalue weighted by atomic mass is 16.1. The van der Waals surface area contributed by atoms with Crippen LogP contribution in [0.5, 0.6) is 0 Å². The fourth-order valence-corrected chi connectivity index (χ4v) is 1.90. The van der Waals surface area contributed by atoms with Crippen molar-refractivity contribution in [3.8, 4) is 0 Å². The maximum atomic E-state index is 11.4. The van der Waals surface area contributed by atoms with Gasteiger partial charge < -0.3 is 5.32 Å². The summed E-state index contributed by atoms with van der Waals surface area (Å²) in [4.78, 5) is 11.4. The molecule has 0 bridgehead atoms. The van der Waals surface area contributed by atoms with E-state index >= 15 is 0 Å². The first-order valence-corrected chi connectivity index (χ1v) is 5.18. The fraction of sp³-hybridized carbons (Fsp3) is 0.417. The molecule has 0 amide bonds. The lowest BCUT2D eigenvalue weighted by Crippen LogP contribution is -2.17. The number of hydrogen-bond acceptors (Lipinski definition) is 2. The van der Waals surface area contributed by atoms with E-state index in [4.69, 9.17) is 0 Å². The Kier molecular flexibility index (Phi) is 2.82. The monoisotopic (exact) mass is 189 g/mol. The standard InChI is InChI=1S/C12H15NO/c14-12-8-4-5-10(12)9-13-11-6-2-1-3-7-11/h1-3,6-7,10,13H,4-5,8-9H2. The van der Waals surface area contributed by atoms with Crippen molar-refractivity contribution in [2.75, 3.05) is 11.9 Å². The highest BCUT2D eigenvalue weighted by Crippen LogP contribution is 2.21. The van der Waals surface area contributed by atoms with Gasteiger partial charge in [0.05, 0.1) is 0 Å². The number of hydrogen-bond donors (Lipinski definition) is 1. The van der Waals surface area contributed by atoms with E-state index in [9.17, 15) is 4.79 Å². The second-order valence-electron chi connectivity index (χ2n) is 3.80. The van der Waals surface area contributed by atoms with Crippen LogP contribution in [0.4, 0.5) is 5.69 Å². The molecule has 1 aromatic rings. The van der Waals surface area contributed by atoms with Crippen molar-refractivity contribution < 1.29 is 4.79 Å². The molecule has 1 aliphatic rings. The van der Waals surface area contributed by atoms with Gasteiger partial charge in [-0.2, -0.15) is 0 Å². The summed E-state index contributed by atoms with van der Waals surface area (Å²) in [7, 11) is 0. The van der Waals surface area contributed by atoms with Gasteiger partial charge in [0.1, 0.15) is 5.78 Å². The number of benzene rings is 1. The molecule has 2 rings (SSSR count). The number of carbonyl (C=O) groups is 1. The molecule has 0 heterocycles. The SMILES string of the molecule is O=C1CCCC1CNc1ccccc1. The summed E-state index contributed by atoms with van der Waals surface area (Å²) in [5, 5.41) is 3.30. The van der Waals surface area contributed by atoms with Crippen LogP contribution in [0.25, 0.3) is 0 Å². The molecule has 1 N–H and O–H groups in total. The summed E-state index contributed by atoms with van der Waals surface area (Å²) in [6.07, 6.45) is 2.90. The van der Waals surface area contributed by atoms with Crippen LogP contribution in [0.2, 0.25) is 0 Å². The maximum Gasteiger partial charge on any atom is 0.137 e. The number of nitrogens with one attached hydrogen (secondary N) is 1. The van der Waals surface area contributed by atoms with E-state index in [-0.39, 0.29) is 5.92 Å². The number of Topliss-reactive ketones (excluding diaryl/α,β-unsaturated/α-hetero) is 1. The molecular weight excluding hydrogens is 174 g/mol. The second kappa shape index (κ2) is 4.27. The molecule has 1 aliphatic carbocycles. The highest BCUT2D eigenvalue weighted by Gasteiger charge is 2.23. The Morgan fingerprint density at radius 3 is 2.71 bits per heavy atom. The van der Waals surface area contributed by atoms with E-state index < -0.39 is 0 Å². The van der Waals surface area contributed by atoms with Crippen molar-refractivity contribution in [1.82, 2.24) is 0 Å². The molecule has 2 nitrogen and oxygen atoms in total. The first-order chi connectivity index (χ1) is 6.86. The van der Waals surface area contributed by atoms with Gasteiger partial charge in [0.25, 0.3) is 0 Å². The van der Waals surface area contributed by atoms with E-state index in [0.29, 0.717) is 5.78 Å². The van der Waals surface area contributed by atoms with E-state index in [1.165, 1.54) is 0 Å². The lowest BCUT2D eigenvalue weighted by atomic mass is 10.1. The molecule has 1 aromatic carbocycles. The van der Waals surface area contributed by atoms with Gasteiger partial charge in [-0.05, 0) is 25.0 Å². The van der Waals surface area contributed by atoms with Crippen LogP contribution in [0.15, 0.2) is 30.3 Å².